The quantitative estimate of drug-likeness (QED) is 0.657. The van der Waals surface area contributed by atoms with Crippen molar-refractivity contribution in [2.24, 2.45) is 0 Å². The van der Waals surface area contributed by atoms with Crippen molar-refractivity contribution in [3.63, 3.8) is 0 Å². The average Bonchev–Trinajstić information content (AvgIpc) is 2.64. The van der Waals surface area contributed by atoms with Gasteiger partial charge in [0, 0.05) is 18.7 Å². The SMILES string of the molecule is CC(C)(C)OC(=O)NCCCCNC(=O)c1ccc(Oc2ccccc2)cc1. The molecule has 0 spiro atoms. The molecular weight excluding hydrogens is 356 g/mol. The molecular formula is C22H28N2O4. The van der Waals surface area contributed by atoms with Crippen molar-refractivity contribution in [3.8, 4) is 11.5 Å². The Labute approximate surface area is 166 Å². The maximum atomic E-state index is 12.2. The summed E-state index contributed by atoms with van der Waals surface area (Å²) in [4.78, 5) is 23.7. The number of amides is 2. The van der Waals surface area contributed by atoms with Gasteiger partial charge < -0.3 is 20.1 Å². The van der Waals surface area contributed by atoms with Crippen LogP contribution in [0.5, 0.6) is 11.5 Å². The first-order valence-electron chi connectivity index (χ1n) is 9.41. The maximum Gasteiger partial charge on any atom is 0.407 e. The van der Waals surface area contributed by atoms with Crippen LogP contribution in [-0.2, 0) is 4.74 Å². The predicted molar refractivity (Wildman–Crippen MR) is 109 cm³/mol. The van der Waals surface area contributed by atoms with Gasteiger partial charge in [-0.25, -0.2) is 4.79 Å². The van der Waals surface area contributed by atoms with Crippen LogP contribution in [0.3, 0.4) is 0 Å². The lowest BCUT2D eigenvalue weighted by atomic mass is 10.2. The minimum Gasteiger partial charge on any atom is -0.457 e. The van der Waals surface area contributed by atoms with Gasteiger partial charge in [-0.3, -0.25) is 4.79 Å². The van der Waals surface area contributed by atoms with Gasteiger partial charge >= 0.3 is 6.09 Å². The first-order chi connectivity index (χ1) is 13.3. The molecule has 0 heterocycles. The van der Waals surface area contributed by atoms with Gasteiger partial charge in [0.15, 0.2) is 0 Å². The van der Waals surface area contributed by atoms with Gasteiger partial charge in [0.1, 0.15) is 17.1 Å². The third-order valence-electron chi connectivity index (χ3n) is 3.65. The van der Waals surface area contributed by atoms with Gasteiger partial charge in [-0.05, 0) is 70.0 Å². The minimum absolute atomic E-state index is 0.133. The summed E-state index contributed by atoms with van der Waals surface area (Å²) >= 11 is 0. The second-order valence-electron chi connectivity index (χ2n) is 7.33. The maximum absolute atomic E-state index is 12.2. The van der Waals surface area contributed by atoms with Gasteiger partial charge in [0.25, 0.3) is 5.91 Å². The van der Waals surface area contributed by atoms with Gasteiger partial charge in [-0.15, -0.1) is 0 Å². The zero-order valence-electron chi connectivity index (χ0n) is 16.7. The van der Waals surface area contributed by atoms with Crippen LogP contribution >= 0.6 is 0 Å². The molecule has 0 radical (unpaired) electrons. The molecule has 0 bridgehead atoms. The molecule has 2 aromatic rings. The predicted octanol–water partition coefficient (Wildman–Crippen LogP) is 4.51. The van der Waals surface area contributed by atoms with E-state index in [-0.39, 0.29) is 5.91 Å². The van der Waals surface area contributed by atoms with Crippen LogP contribution in [0.15, 0.2) is 54.6 Å². The monoisotopic (exact) mass is 384 g/mol. The lowest BCUT2D eigenvalue weighted by Gasteiger charge is -2.19. The first-order valence-corrected chi connectivity index (χ1v) is 9.41. The lowest BCUT2D eigenvalue weighted by molar-refractivity contribution is 0.0526. The van der Waals surface area contributed by atoms with E-state index in [1.165, 1.54) is 0 Å². The third-order valence-corrected chi connectivity index (χ3v) is 3.65. The Kier molecular flexibility index (Phi) is 7.87. The van der Waals surface area contributed by atoms with E-state index in [0.717, 1.165) is 18.6 Å². The molecule has 2 rings (SSSR count). The van der Waals surface area contributed by atoms with E-state index in [1.54, 1.807) is 24.3 Å². The van der Waals surface area contributed by atoms with Gasteiger partial charge in [-0.1, -0.05) is 18.2 Å². The number of hydrogen-bond donors (Lipinski definition) is 2. The second kappa shape index (κ2) is 10.3. The highest BCUT2D eigenvalue weighted by molar-refractivity contribution is 5.94. The number of para-hydroxylation sites is 1. The number of nitrogens with one attached hydrogen (secondary N) is 2. The Balaban J connectivity index is 1.64. The molecule has 6 nitrogen and oxygen atoms in total. The molecule has 6 heteroatoms. The minimum atomic E-state index is -0.500. The number of unbranched alkanes of at least 4 members (excludes halogenated alkanes) is 1. The molecule has 0 aliphatic carbocycles. The van der Waals surface area contributed by atoms with Crippen molar-refractivity contribution >= 4 is 12.0 Å². The molecule has 0 aromatic heterocycles. The number of carbonyl (C=O) groups is 2. The molecule has 2 amide bonds. The summed E-state index contributed by atoms with van der Waals surface area (Å²) in [5, 5.41) is 5.57. The van der Waals surface area contributed by atoms with E-state index in [0.29, 0.717) is 24.4 Å². The van der Waals surface area contributed by atoms with Gasteiger partial charge in [0.05, 0.1) is 0 Å². The lowest BCUT2D eigenvalue weighted by Crippen LogP contribution is -2.33. The van der Waals surface area contributed by atoms with E-state index in [4.69, 9.17) is 9.47 Å². The van der Waals surface area contributed by atoms with Crippen molar-refractivity contribution in [1.82, 2.24) is 10.6 Å². The summed E-state index contributed by atoms with van der Waals surface area (Å²) in [7, 11) is 0. The van der Waals surface area contributed by atoms with E-state index in [9.17, 15) is 9.59 Å². The van der Waals surface area contributed by atoms with Crippen LogP contribution in [0.2, 0.25) is 0 Å². The second-order valence-corrected chi connectivity index (χ2v) is 7.33. The first kappa shape index (κ1) is 21.3. The Hall–Kier alpha value is -3.02. The Morgan fingerprint density at radius 2 is 1.39 bits per heavy atom. The molecule has 0 aliphatic heterocycles. The fraction of sp³-hybridized carbons (Fsp3) is 0.364. The molecule has 2 aromatic carbocycles. The Morgan fingerprint density at radius 1 is 0.821 bits per heavy atom. The topological polar surface area (TPSA) is 76.7 Å². The summed E-state index contributed by atoms with van der Waals surface area (Å²) in [6.45, 7) is 6.51. The van der Waals surface area contributed by atoms with Crippen molar-refractivity contribution < 1.29 is 19.1 Å². The normalized spacial score (nSPS) is 10.8. The number of hydrogen-bond acceptors (Lipinski definition) is 4. The van der Waals surface area contributed by atoms with E-state index in [2.05, 4.69) is 10.6 Å². The molecule has 0 atom stereocenters. The van der Waals surface area contributed by atoms with Crippen LogP contribution < -0.4 is 15.4 Å². The molecule has 0 unspecified atom stereocenters. The van der Waals surface area contributed by atoms with Crippen molar-refractivity contribution in [1.29, 1.82) is 0 Å². The van der Waals surface area contributed by atoms with Crippen LogP contribution in [0.1, 0.15) is 44.0 Å². The van der Waals surface area contributed by atoms with Crippen LogP contribution in [0.25, 0.3) is 0 Å². The van der Waals surface area contributed by atoms with Gasteiger partial charge in [0.2, 0.25) is 0 Å². The number of alkyl carbamates (subject to hydrolysis) is 1. The summed E-state index contributed by atoms with van der Waals surface area (Å²) in [5.41, 5.74) is 0.0759. The Morgan fingerprint density at radius 3 is 2.00 bits per heavy atom. The van der Waals surface area contributed by atoms with Crippen LogP contribution in [0.4, 0.5) is 4.79 Å². The molecule has 28 heavy (non-hydrogen) atoms. The van der Waals surface area contributed by atoms with E-state index < -0.39 is 11.7 Å². The summed E-state index contributed by atoms with van der Waals surface area (Å²) in [5.74, 6) is 1.29. The largest absolute Gasteiger partial charge is 0.457 e. The van der Waals surface area contributed by atoms with E-state index >= 15 is 0 Å². The standard InChI is InChI=1S/C22H28N2O4/c1-22(2,3)28-21(26)24-16-8-7-15-23-20(25)17-11-13-19(14-12-17)27-18-9-5-4-6-10-18/h4-6,9-14H,7-8,15-16H2,1-3H3,(H,23,25)(H,24,26). The summed E-state index contributed by atoms with van der Waals surface area (Å²) in [6, 6.07) is 16.5. The fourth-order valence-corrected chi connectivity index (χ4v) is 2.36. The van der Waals surface area contributed by atoms with Crippen molar-refractivity contribution in [2.45, 2.75) is 39.2 Å². The van der Waals surface area contributed by atoms with E-state index in [1.807, 2.05) is 51.1 Å². The van der Waals surface area contributed by atoms with Crippen molar-refractivity contribution in [3.05, 3.63) is 60.2 Å². The van der Waals surface area contributed by atoms with Crippen molar-refractivity contribution in [2.75, 3.05) is 13.1 Å². The zero-order chi connectivity index (χ0) is 20.4. The molecule has 2 N–H and O–H groups in total. The molecule has 150 valence electrons. The third kappa shape index (κ3) is 8.12. The average molecular weight is 384 g/mol. The number of carbonyl (C=O) groups excluding carboxylic acids is 2. The highest BCUT2D eigenvalue weighted by Crippen LogP contribution is 2.21. The van der Waals surface area contributed by atoms with Gasteiger partial charge in [-0.2, -0.15) is 0 Å². The Bertz CT molecular complexity index is 752. The highest BCUT2D eigenvalue weighted by atomic mass is 16.6. The number of benzene rings is 2. The molecule has 0 saturated heterocycles. The molecule has 0 saturated carbocycles. The molecule has 0 fully saturated rings. The molecule has 0 aliphatic rings. The number of ether oxygens (including phenoxy) is 2. The zero-order valence-corrected chi connectivity index (χ0v) is 16.7. The van der Waals surface area contributed by atoms with Crippen LogP contribution in [-0.4, -0.2) is 30.7 Å². The highest BCUT2D eigenvalue weighted by Gasteiger charge is 2.15. The smallest absolute Gasteiger partial charge is 0.407 e. The van der Waals surface area contributed by atoms with Crippen LogP contribution in [0, 0.1) is 0 Å². The summed E-state index contributed by atoms with van der Waals surface area (Å²) in [6.07, 6.45) is 1.09. The fourth-order valence-electron chi connectivity index (χ4n) is 2.36. The summed E-state index contributed by atoms with van der Waals surface area (Å²) < 4.78 is 10.9. The number of rotatable bonds is 8.